The first-order chi connectivity index (χ1) is 32.4. The van der Waals surface area contributed by atoms with Crippen molar-refractivity contribution in [2.75, 3.05) is 28.3 Å². The number of aliphatic hydroxyl groups is 4. The van der Waals surface area contributed by atoms with Crippen LogP contribution in [0.25, 0.3) is 0 Å². The quantitative estimate of drug-likeness (QED) is 0.138. The number of carbonyl (C=O) groups is 1. The van der Waals surface area contributed by atoms with Gasteiger partial charge in [-0.3, -0.25) is 4.79 Å². The number of rotatable bonds is 14. The first kappa shape index (κ1) is 57.1. The lowest BCUT2D eigenvalue weighted by Gasteiger charge is -2.50. The molecule has 2 aliphatic heterocycles. The molecule has 0 radical (unpaired) electrons. The van der Waals surface area contributed by atoms with E-state index in [4.69, 9.17) is 54.8 Å². The van der Waals surface area contributed by atoms with Gasteiger partial charge in [-0.05, 0) is 91.2 Å². The number of oxime groups is 1. The van der Waals surface area contributed by atoms with Crippen LogP contribution in [0.3, 0.4) is 0 Å². The number of ketones is 1. The highest BCUT2D eigenvalue weighted by Crippen LogP contribution is 2.43. The summed E-state index contributed by atoms with van der Waals surface area (Å²) in [6.07, 6.45) is -6.80. The molecule has 1 saturated carbocycles. The lowest BCUT2D eigenvalue weighted by atomic mass is 9.69. The van der Waals surface area contributed by atoms with E-state index >= 15 is 0 Å². The van der Waals surface area contributed by atoms with Gasteiger partial charge < -0.3 is 63.3 Å². The third-order valence-electron chi connectivity index (χ3n) is 15.6. The third kappa shape index (κ3) is 13.5. The van der Waals surface area contributed by atoms with Crippen LogP contribution < -0.4 is 4.74 Å². The number of halogens is 1. The molecule has 390 valence electrons. The van der Waals surface area contributed by atoms with Crippen molar-refractivity contribution in [1.29, 1.82) is 0 Å². The molecule has 2 heterocycles. The van der Waals surface area contributed by atoms with Gasteiger partial charge >= 0.3 is 0 Å². The van der Waals surface area contributed by atoms with Gasteiger partial charge in [-0.15, -0.1) is 0 Å². The van der Waals surface area contributed by atoms with E-state index in [1.54, 1.807) is 34.8 Å². The maximum Gasteiger partial charge on any atom is 0.185 e. The van der Waals surface area contributed by atoms with Crippen LogP contribution in [0, 0.1) is 29.6 Å². The third-order valence-corrected chi connectivity index (χ3v) is 16.0. The summed E-state index contributed by atoms with van der Waals surface area (Å²) in [4.78, 5) is 22.9. The predicted octanol–water partition coefficient (Wildman–Crippen LogP) is 7.34. The molecule has 15 nitrogen and oxygen atoms in total. The number of hydrogen-bond acceptors (Lipinski definition) is 15. The zero-order valence-corrected chi connectivity index (χ0v) is 44.2. The second-order valence-electron chi connectivity index (χ2n) is 21.0. The number of benzene rings is 2. The topological polar surface area (TPSA) is 187 Å². The van der Waals surface area contributed by atoms with Gasteiger partial charge in [0.25, 0.3) is 0 Å². The average molecular weight is 992 g/mol. The maximum atomic E-state index is 14.8. The van der Waals surface area contributed by atoms with Crippen LogP contribution in [0.2, 0.25) is 5.02 Å². The molecular weight excluding hydrogens is 908 g/mol. The molecular formula is C53H83ClN2O13. The zero-order chi connectivity index (χ0) is 51.2. The molecule has 1 aliphatic carbocycles. The Bertz CT molecular complexity index is 1970. The summed E-state index contributed by atoms with van der Waals surface area (Å²) >= 11 is 6.33. The molecule has 0 amide bonds. The fourth-order valence-electron chi connectivity index (χ4n) is 10.8. The molecule has 5 rings (SSSR count). The normalized spacial score (nSPS) is 40.4. The van der Waals surface area contributed by atoms with E-state index in [1.165, 1.54) is 7.11 Å². The lowest BCUT2D eigenvalue weighted by molar-refractivity contribution is -0.318. The summed E-state index contributed by atoms with van der Waals surface area (Å²) in [6.45, 7) is 18.8. The van der Waals surface area contributed by atoms with Gasteiger partial charge in [0.05, 0.1) is 53.0 Å². The van der Waals surface area contributed by atoms with Crippen LogP contribution in [0.5, 0.6) is 5.75 Å². The number of aliphatic hydroxyl groups excluding tert-OH is 3. The lowest BCUT2D eigenvalue weighted by Crippen LogP contribution is -2.61. The van der Waals surface area contributed by atoms with Crippen molar-refractivity contribution in [3.8, 4) is 5.75 Å². The van der Waals surface area contributed by atoms with Crippen molar-refractivity contribution in [3.05, 3.63) is 64.7 Å². The molecule has 0 bridgehead atoms. The fourth-order valence-corrected chi connectivity index (χ4v) is 11.0. The monoisotopic (exact) mass is 991 g/mol. The van der Waals surface area contributed by atoms with Crippen LogP contribution in [0.4, 0.5) is 0 Å². The van der Waals surface area contributed by atoms with Crippen LogP contribution >= 0.6 is 11.6 Å². The first-order valence-corrected chi connectivity index (χ1v) is 25.1. The highest BCUT2D eigenvalue weighted by atomic mass is 35.5. The van der Waals surface area contributed by atoms with Gasteiger partial charge in [0, 0.05) is 67.4 Å². The van der Waals surface area contributed by atoms with E-state index in [0.29, 0.717) is 35.9 Å². The SMILES string of the molecule is CC[C@H]1CC(=O)[C@H](C)[C@@H](O[C@H]2C[C@@](C)(OC)[C@@H](O)[C@H](C)O2)[C@H](C)[C@@H](O[C@@H]2O[C@H](C)C[C@H](N(C)C)[C@H]2O)[C@](C)(OC)C[C@@H](C)/C(=N\OCc2ccc(OCc3ccccc3Cl)cc2)[C@H](C)[C@@H](O)[C@]1(C)O. The summed E-state index contributed by atoms with van der Waals surface area (Å²) in [6, 6.07) is 14.7. The number of ether oxygens (including phenoxy) is 7. The highest BCUT2D eigenvalue weighted by Gasteiger charge is 2.53. The number of nitrogens with zero attached hydrogens (tertiary/aromatic N) is 2. The van der Waals surface area contributed by atoms with E-state index in [2.05, 4.69) is 0 Å². The Kier molecular flexibility index (Phi) is 20.1. The Morgan fingerprint density at radius 1 is 0.841 bits per heavy atom. The van der Waals surface area contributed by atoms with Gasteiger partial charge in [-0.25, -0.2) is 0 Å². The van der Waals surface area contributed by atoms with Crippen molar-refractivity contribution < 1.29 is 63.2 Å². The van der Waals surface area contributed by atoms with Crippen molar-refractivity contribution in [2.45, 2.75) is 193 Å². The molecule has 2 aromatic carbocycles. The number of carbonyl (C=O) groups excluding carboxylic acids is 1. The molecule has 4 N–H and O–H groups in total. The average Bonchev–Trinajstić information content (AvgIpc) is 3.31. The van der Waals surface area contributed by atoms with Crippen molar-refractivity contribution >= 4 is 23.1 Å². The van der Waals surface area contributed by atoms with Gasteiger partial charge in [-0.2, -0.15) is 0 Å². The van der Waals surface area contributed by atoms with Crippen molar-refractivity contribution in [3.63, 3.8) is 0 Å². The Labute approximate surface area is 416 Å². The second-order valence-corrected chi connectivity index (χ2v) is 21.4. The first-order valence-electron chi connectivity index (χ1n) is 24.7. The maximum absolute atomic E-state index is 14.8. The van der Waals surface area contributed by atoms with Crippen LogP contribution in [-0.2, 0) is 51.3 Å². The Hall–Kier alpha value is -2.77. The summed E-state index contributed by atoms with van der Waals surface area (Å²) in [5.41, 5.74) is -1.80. The molecule has 0 aromatic heterocycles. The molecule has 18 atom stereocenters. The zero-order valence-electron chi connectivity index (χ0n) is 43.5. The standard InChI is InChI=1S/C53H83ClN2O13/c1-15-38-25-42(57)32(4)46(68-43-27-51(8,62-13)48(60)35(7)67-43)34(6)49(69-50-45(58)41(56(11)12)24-31(3)66-50)52(9,63-14)26-30(2)44(33(5)47(59)53(38,10)61)55-65-28-36-20-22-39(23-21-36)64-29-37-18-16-17-19-40(37)54/h16-23,30-35,38,41,43,45-50,58-61H,15,24-29H2,1-14H3/b55-44+/t30-,31-,32+,33+,34+,35+,38+,41+,43+,45-,46-,47-,48+,49-,50+,51-,52-,53-/m1/s1. The highest BCUT2D eigenvalue weighted by molar-refractivity contribution is 6.31. The van der Waals surface area contributed by atoms with E-state index in [9.17, 15) is 25.2 Å². The summed E-state index contributed by atoms with van der Waals surface area (Å²) in [5, 5.41) is 53.0. The minimum Gasteiger partial charge on any atom is -0.489 e. The molecule has 2 aromatic rings. The summed E-state index contributed by atoms with van der Waals surface area (Å²) < 4.78 is 45.1. The smallest absolute Gasteiger partial charge is 0.185 e. The largest absolute Gasteiger partial charge is 0.489 e. The van der Waals surface area contributed by atoms with Gasteiger partial charge in [0.15, 0.2) is 12.6 Å². The molecule has 2 saturated heterocycles. The molecule has 3 fully saturated rings. The van der Waals surface area contributed by atoms with Crippen LogP contribution in [0.1, 0.15) is 112 Å². The van der Waals surface area contributed by atoms with E-state index in [0.717, 1.165) is 11.1 Å². The fraction of sp³-hybridized carbons (Fsp3) is 0.736. The molecule has 0 spiro atoms. The number of likely N-dealkylation sites (N-methyl/N-ethyl adjacent to an activating group) is 1. The van der Waals surface area contributed by atoms with Crippen molar-refractivity contribution in [2.24, 2.45) is 34.7 Å². The minimum absolute atomic E-state index is 0.0758. The van der Waals surface area contributed by atoms with E-state index in [1.807, 2.05) is 109 Å². The van der Waals surface area contributed by atoms with Crippen LogP contribution in [-0.4, -0.2) is 143 Å². The van der Waals surface area contributed by atoms with E-state index in [-0.39, 0.29) is 43.8 Å². The molecule has 69 heavy (non-hydrogen) atoms. The predicted molar refractivity (Wildman–Crippen MR) is 264 cm³/mol. The Balaban J connectivity index is 1.56. The Morgan fingerprint density at radius 3 is 2.10 bits per heavy atom. The summed E-state index contributed by atoms with van der Waals surface area (Å²) in [7, 11) is 6.95. The van der Waals surface area contributed by atoms with Crippen molar-refractivity contribution in [1.82, 2.24) is 4.90 Å². The number of methoxy groups -OCH3 is 2. The number of hydrogen-bond donors (Lipinski definition) is 4. The number of Topliss-reactive ketones (excluding diaryl/α,β-unsaturated/α-hetero) is 1. The molecule has 3 aliphatic rings. The minimum atomic E-state index is -1.74. The van der Waals surface area contributed by atoms with Gasteiger partial charge in [-0.1, -0.05) is 88.1 Å². The Morgan fingerprint density at radius 2 is 1.49 bits per heavy atom. The van der Waals surface area contributed by atoms with E-state index < -0.39 is 95.6 Å². The second kappa shape index (κ2) is 24.3. The van der Waals surface area contributed by atoms with Gasteiger partial charge in [0.1, 0.15) is 37.0 Å². The summed E-state index contributed by atoms with van der Waals surface area (Å²) in [5.74, 6) is -2.87. The van der Waals surface area contributed by atoms with Gasteiger partial charge in [0.2, 0.25) is 0 Å². The molecule has 0 unspecified atom stereocenters. The van der Waals surface area contributed by atoms with Crippen LogP contribution in [0.15, 0.2) is 53.7 Å². The molecule has 16 heteroatoms.